The predicted octanol–water partition coefficient (Wildman–Crippen LogP) is 4.27. The van der Waals surface area contributed by atoms with E-state index >= 15 is 0 Å². The first-order valence-corrected chi connectivity index (χ1v) is 7.20. The second-order valence-corrected chi connectivity index (χ2v) is 5.74. The maximum absolute atomic E-state index is 13.4. The lowest BCUT2D eigenvalue weighted by Crippen LogP contribution is -2.01. The number of carboxylic acid groups (broad SMARTS) is 1. The zero-order chi connectivity index (χ0) is 15.4. The van der Waals surface area contributed by atoms with E-state index in [1.54, 1.807) is 18.2 Å². The van der Waals surface area contributed by atoms with Crippen LogP contribution in [0.25, 0.3) is 0 Å². The van der Waals surface area contributed by atoms with Crippen LogP contribution < -0.4 is 4.74 Å². The van der Waals surface area contributed by atoms with Gasteiger partial charge in [0, 0.05) is 9.79 Å². The van der Waals surface area contributed by atoms with E-state index in [4.69, 9.17) is 21.4 Å². The Hall–Kier alpha value is -1.72. The van der Waals surface area contributed by atoms with Crippen molar-refractivity contribution in [2.24, 2.45) is 0 Å². The summed E-state index contributed by atoms with van der Waals surface area (Å²) in [6.07, 6.45) is -0.159. The molecule has 0 heterocycles. The first kappa shape index (κ1) is 15.7. The fourth-order valence-corrected chi connectivity index (χ4v) is 2.96. The minimum absolute atomic E-state index is 0.159. The molecular formula is C15H12ClFO3S. The molecule has 0 amide bonds. The van der Waals surface area contributed by atoms with Gasteiger partial charge in [-0.15, -0.1) is 0 Å². The summed E-state index contributed by atoms with van der Waals surface area (Å²) in [6, 6.07) is 9.24. The average Bonchev–Trinajstić information content (AvgIpc) is 2.43. The van der Waals surface area contributed by atoms with Crippen molar-refractivity contribution in [1.82, 2.24) is 0 Å². The summed E-state index contributed by atoms with van der Waals surface area (Å²) in [5.74, 6) is -0.859. The SMILES string of the molecule is COc1cc(Sc2cc(F)ccc2CC(=O)O)ccc1Cl. The van der Waals surface area contributed by atoms with Crippen LogP contribution in [0.15, 0.2) is 46.2 Å². The Morgan fingerprint density at radius 1 is 1.33 bits per heavy atom. The molecule has 0 fully saturated rings. The van der Waals surface area contributed by atoms with Crippen LogP contribution in [0.5, 0.6) is 5.75 Å². The molecule has 0 bridgehead atoms. The highest BCUT2D eigenvalue weighted by atomic mass is 35.5. The molecular weight excluding hydrogens is 315 g/mol. The summed E-state index contributed by atoms with van der Waals surface area (Å²) in [5, 5.41) is 9.38. The highest BCUT2D eigenvalue weighted by Gasteiger charge is 2.11. The number of aliphatic carboxylic acids is 1. The smallest absolute Gasteiger partial charge is 0.307 e. The number of methoxy groups -OCH3 is 1. The summed E-state index contributed by atoms with van der Waals surface area (Å²) in [6.45, 7) is 0. The Morgan fingerprint density at radius 3 is 2.76 bits per heavy atom. The summed E-state index contributed by atoms with van der Waals surface area (Å²) < 4.78 is 18.5. The van der Waals surface area contributed by atoms with Crippen LogP contribution in [0, 0.1) is 5.82 Å². The van der Waals surface area contributed by atoms with Gasteiger partial charge in [0.2, 0.25) is 0 Å². The first-order valence-electron chi connectivity index (χ1n) is 6.01. The second-order valence-electron chi connectivity index (χ2n) is 4.22. The van der Waals surface area contributed by atoms with Gasteiger partial charge in [0.25, 0.3) is 0 Å². The number of halogens is 2. The fraction of sp³-hybridized carbons (Fsp3) is 0.133. The lowest BCUT2D eigenvalue weighted by atomic mass is 10.1. The lowest BCUT2D eigenvalue weighted by molar-refractivity contribution is -0.136. The fourth-order valence-electron chi connectivity index (χ4n) is 1.76. The maximum Gasteiger partial charge on any atom is 0.307 e. The summed E-state index contributed by atoms with van der Waals surface area (Å²) in [5.41, 5.74) is 0.558. The second kappa shape index (κ2) is 6.83. The maximum atomic E-state index is 13.4. The highest BCUT2D eigenvalue weighted by molar-refractivity contribution is 7.99. The molecule has 21 heavy (non-hydrogen) atoms. The largest absolute Gasteiger partial charge is 0.495 e. The number of ether oxygens (including phenoxy) is 1. The monoisotopic (exact) mass is 326 g/mol. The third kappa shape index (κ3) is 4.12. The molecule has 3 nitrogen and oxygen atoms in total. The number of hydrogen-bond acceptors (Lipinski definition) is 3. The van der Waals surface area contributed by atoms with Gasteiger partial charge >= 0.3 is 5.97 Å². The molecule has 0 aromatic heterocycles. The van der Waals surface area contributed by atoms with Gasteiger partial charge in [0.05, 0.1) is 18.6 Å². The molecule has 2 aromatic rings. The molecule has 0 aliphatic carbocycles. The van der Waals surface area contributed by atoms with Crippen molar-refractivity contribution in [1.29, 1.82) is 0 Å². The standard InChI is InChI=1S/C15H12ClFO3S/c1-20-13-8-11(4-5-12(13)16)21-14-7-10(17)3-2-9(14)6-15(18)19/h2-5,7-8H,6H2,1H3,(H,18,19). The molecule has 0 saturated heterocycles. The van der Waals surface area contributed by atoms with E-state index in [-0.39, 0.29) is 6.42 Å². The van der Waals surface area contributed by atoms with E-state index in [0.717, 1.165) is 4.90 Å². The van der Waals surface area contributed by atoms with Crippen molar-refractivity contribution in [2.75, 3.05) is 7.11 Å². The topological polar surface area (TPSA) is 46.5 Å². The van der Waals surface area contributed by atoms with Crippen molar-refractivity contribution in [2.45, 2.75) is 16.2 Å². The van der Waals surface area contributed by atoms with Crippen LogP contribution >= 0.6 is 23.4 Å². The van der Waals surface area contributed by atoms with Gasteiger partial charge in [-0.3, -0.25) is 4.79 Å². The third-order valence-corrected chi connectivity index (χ3v) is 4.12. The molecule has 6 heteroatoms. The highest BCUT2D eigenvalue weighted by Crippen LogP contribution is 2.35. The number of carboxylic acids is 1. The van der Waals surface area contributed by atoms with Crippen molar-refractivity contribution in [3.63, 3.8) is 0 Å². The van der Waals surface area contributed by atoms with Crippen LogP contribution in [0.2, 0.25) is 5.02 Å². The molecule has 0 aliphatic heterocycles. The van der Waals surface area contributed by atoms with Crippen molar-refractivity contribution in [3.8, 4) is 5.75 Å². The molecule has 1 N–H and O–H groups in total. The molecule has 0 atom stereocenters. The normalized spacial score (nSPS) is 10.4. The summed E-state index contributed by atoms with van der Waals surface area (Å²) >= 11 is 7.22. The van der Waals surface area contributed by atoms with Gasteiger partial charge in [-0.1, -0.05) is 29.4 Å². The number of rotatable bonds is 5. The lowest BCUT2D eigenvalue weighted by Gasteiger charge is -2.09. The minimum atomic E-state index is -0.961. The van der Waals surface area contributed by atoms with E-state index in [2.05, 4.69) is 0 Å². The number of hydrogen-bond donors (Lipinski definition) is 1. The van der Waals surface area contributed by atoms with Crippen LogP contribution in [0.4, 0.5) is 4.39 Å². The molecule has 2 aromatic carbocycles. The van der Waals surface area contributed by atoms with E-state index in [1.165, 1.54) is 37.1 Å². The van der Waals surface area contributed by atoms with E-state index in [1.807, 2.05) is 0 Å². The van der Waals surface area contributed by atoms with Gasteiger partial charge in [-0.25, -0.2) is 4.39 Å². The van der Waals surface area contributed by atoms with Crippen LogP contribution in [-0.2, 0) is 11.2 Å². The zero-order valence-electron chi connectivity index (χ0n) is 11.1. The number of benzene rings is 2. The van der Waals surface area contributed by atoms with Gasteiger partial charge in [0.15, 0.2) is 0 Å². The Kier molecular flexibility index (Phi) is 5.09. The predicted molar refractivity (Wildman–Crippen MR) is 79.9 cm³/mol. The van der Waals surface area contributed by atoms with E-state index in [9.17, 15) is 9.18 Å². The molecule has 2 rings (SSSR count). The molecule has 0 aliphatic rings. The third-order valence-electron chi connectivity index (χ3n) is 2.72. The van der Waals surface area contributed by atoms with Gasteiger partial charge < -0.3 is 9.84 Å². The van der Waals surface area contributed by atoms with Crippen LogP contribution in [-0.4, -0.2) is 18.2 Å². The van der Waals surface area contributed by atoms with Crippen LogP contribution in [0.1, 0.15) is 5.56 Å². The Morgan fingerprint density at radius 2 is 2.10 bits per heavy atom. The van der Waals surface area contributed by atoms with Crippen molar-refractivity contribution in [3.05, 3.63) is 52.8 Å². The van der Waals surface area contributed by atoms with Crippen LogP contribution in [0.3, 0.4) is 0 Å². The number of carbonyl (C=O) groups is 1. The van der Waals surface area contributed by atoms with E-state index < -0.39 is 11.8 Å². The van der Waals surface area contributed by atoms with Crippen molar-refractivity contribution >= 4 is 29.3 Å². The van der Waals surface area contributed by atoms with Gasteiger partial charge in [0.1, 0.15) is 11.6 Å². The molecule has 0 saturated carbocycles. The Labute approximate surface area is 130 Å². The van der Waals surface area contributed by atoms with E-state index in [0.29, 0.717) is 21.2 Å². The molecule has 0 spiro atoms. The quantitative estimate of drug-likeness (QED) is 0.891. The Balaban J connectivity index is 2.34. The molecule has 0 radical (unpaired) electrons. The Bertz CT molecular complexity index is 676. The van der Waals surface area contributed by atoms with Crippen molar-refractivity contribution < 1.29 is 19.0 Å². The summed E-state index contributed by atoms with van der Waals surface area (Å²) in [7, 11) is 1.51. The first-order chi connectivity index (χ1) is 9.99. The van der Waals surface area contributed by atoms with Gasteiger partial charge in [-0.05, 0) is 35.9 Å². The summed E-state index contributed by atoms with van der Waals surface area (Å²) in [4.78, 5) is 12.2. The van der Waals surface area contributed by atoms with Gasteiger partial charge in [-0.2, -0.15) is 0 Å². The molecule has 0 unspecified atom stereocenters. The average molecular weight is 327 g/mol. The zero-order valence-corrected chi connectivity index (χ0v) is 12.7. The minimum Gasteiger partial charge on any atom is -0.495 e. The molecule has 110 valence electrons.